The molecule has 0 spiro atoms. The number of hydrogen-bond acceptors (Lipinski definition) is 2. The van der Waals surface area contributed by atoms with E-state index in [0.717, 1.165) is 31.0 Å². The third kappa shape index (κ3) is 7.21. The van der Waals surface area contributed by atoms with Crippen LogP contribution >= 0.6 is 11.6 Å². The minimum atomic E-state index is -0.703. The highest BCUT2D eigenvalue weighted by Crippen LogP contribution is 2.31. The van der Waals surface area contributed by atoms with Gasteiger partial charge >= 0.3 is 5.97 Å². The lowest BCUT2D eigenvalue weighted by atomic mass is 9.79. The van der Waals surface area contributed by atoms with E-state index in [2.05, 4.69) is 30.5 Å². The number of halogens is 1. The second kappa shape index (κ2) is 10.6. The molecule has 1 aromatic rings. The van der Waals surface area contributed by atoms with Crippen molar-refractivity contribution in [3.63, 3.8) is 0 Å². The van der Waals surface area contributed by atoms with Gasteiger partial charge in [0.1, 0.15) is 0 Å². The minimum Gasteiger partial charge on any atom is -0.481 e. The van der Waals surface area contributed by atoms with Crippen LogP contribution in [0.1, 0.15) is 56.1 Å². The highest BCUT2D eigenvalue weighted by molar-refractivity contribution is 6.30. The molecule has 0 radical (unpaired) electrons. The molecule has 138 valence electrons. The Bertz CT molecular complexity index is 585. The molecule has 1 aliphatic rings. The number of rotatable bonds is 9. The molecular formula is C21H30ClNO2. The van der Waals surface area contributed by atoms with Gasteiger partial charge in [0.2, 0.25) is 0 Å². The molecule has 0 aromatic heterocycles. The van der Waals surface area contributed by atoms with Crippen LogP contribution in [0.25, 0.3) is 0 Å². The molecule has 25 heavy (non-hydrogen) atoms. The lowest BCUT2D eigenvalue weighted by Gasteiger charge is -2.30. The number of unbranched alkanes of at least 4 members (excludes halogenated alkanes) is 1. The number of carboxylic acid groups (broad SMARTS) is 1. The van der Waals surface area contributed by atoms with Gasteiger partial charge in [-0.2, -0.15) is 0 Å². The third-order valence-electron chi connectivity index (χ3n) is 5.14. The number of allylic oxidation sites excluding steroid dienone is 2. The van der Waals surface area contributed by atoms with Gasteiger partial charge in [0.05, 0.1) is 0 Å². The summed E-state index contributed by atoms with van der Waals surface area (Å²) in [5.41, 5.74) is 2.54. The minimum absolute atomic E-state index is 0.264. The van der Waals surface area contributed by atoms with E-state index in [9.17, 15) is 4.79 Å². The summed E-state index contributed by atoms with van der Waals surface area (Å²) < 4.78 is 0. The first-order valence-corrected chi connectivity index (χ1v) is 9.78. The van der Waals surface area contributed by atoms with E-state index in [1.807, 2.05) is 12.1 Å². The van der Waals surface area contributed by atoms with Crippen LogP contribution in [0.4, 0.5) is 0 Å². The quantitative estimate of drug-likeness (QED) is 0.459. The summed E-state index contributed by atoms with van der Waals surface area (Å²) in [6, 6.07) is 6.07. The SMILES string of the molecule is Cc1cc(Cl)ccc1CNC[C@H]1CCCC[C@@H]1/C=C\CCCC(=O)O. The summed E-state index contributed by atoms with van der Waals surface area (Å²) in [6.45, 7) is 4.02. The molecule has 1 aliphatic carbocycles. The number of nitrogens with one attached hydrogen (secondary N) is 1. The van der Waals surface area contributed by atoms with Gasteiger partial charge in [-0.3, -0.25) is 4.79 Å². The topological polar surface area (TPSA) is 49.3 Å². The monoisotopic (exact) mass is 363 g/mol. The molecule has 1 aromatic carbocycles. The van der Waals surface area contributed by atoms with Crippen molar-refractivity contribution in [3.05, 3.63) is 46.5 Å². The lowest BCUT2D eigenvalue weighted by Crippen LogP contribution is -2.29. The average molecular weight is 364 g/mol. The highest BCUT2D eigenvalue weighted by atomic mass is 35.5. The fourth-order valence-electron chi connectivity index (χ4n) is 3.64. The zero-order valence-electron chi connectivity index (χ0n) is 15.1. The molecular weight excluding hydrogens is 334 g/mol. The molecule has 0 unspecified atom stereocenters. The Hall–Kier alpha value is -1.32. The van der Waals surface area contributed by atoms with E-state index < -0.39 is 5.97 Å². The fourth-order valence-corrected chi connectivity index (χ4v) is 3.86. The van der Waals surface area contributed by atoms with Crippen LogP contribution in [0.15, 0.2) is 30.4 Å². The number of benzene rings is 1. The average Bonchev–Trinajstić information content (AvgIpc) is 2.57. The summed E-state index contributed by atoms with van der Waals surface area (Å²) in [4.78, 5) is 10.6. The second-order valence-electron chi connectivity index (χ2n) is 7.12. The van der Waals surface area contributed by atoms with Gasteiger partial charge in [-0.05, 0) is 74.2 Å². The smallest absolute Gasteiger partial charge is 0.303 e. The molecule has 4 heteroatoms. The van der Waals surface area contributed by atoms with Gasteiger partial charge in [-0.25, -0.2) is 0 Å². The first kappa shape index (κ1) is 20.0. The Morgan fingerprint density at radius 1 is 1.36 bits per heavy atom. The summed E-state index contributed by atoms with van der Waals surface area (Å²) in [7, 11) is 0. The van der Waals surface area contributed by atoms with Gasteiger partial charge in [0, 0.05) is 18.0 Å². The molecule has 2 rings (SSSR count). The van der Waals surface area contributed by atoms with E-state index in [-0.39, 0.29) is 6.42 Å². The molecule has 0 saturated heterocycles. The van der Waals surface area contributed by atoms with Crippen molar-refractivity contribution >= 4 is 17.6 Å². The summed E-state index contributed by atoms with van der Waals surface area (Å²) in [5, 5.41) is 13.1. The van der Waals surface area contributed by atoms with Crippen molar-refractivity contribution in [2.45, 2.75) is 58.4 Å². The van der Waals surface area contributed by atoms with E-state index in [1.54, 1.807) is 0 Å². The third-order valence-corrected chi connectivity index (χ3v) is 5.37. The molecule has 1 saturated carbocycles. The van der Waals surface area contributed by atoms with Crippen molar-refractivity contribution in [2.24, 2.45) is 11.8 Å². The van der Waals surface area contributed by atoms with Gasteiger partial charge < -0.3 is 10.4 Å². The van der Waals surface area contributed by atoms with E-state index in [1.165, 1.54) is 36.8 Å². The Morgan fingerprint density at radius 2 is 2.16 bits per heavy atom. The maximum absolute atomic E-state index is 10.6. The van der Waals surface area contributed by atoms with Crippen LogP contribution in [0.2, 0.25) is 5.02 Å². The van der Waals surface area contributed by atoms with Crippen molar-refractivity contribution in [1.29, 1.82) is 0 Å². The van der Waals surface area contributed by atoms with E-state index in [4.69, 9.17) is 16.7 Å². The number of carbonyl (C=O) groups is 1. The number of carboxylic acids is 1. The van der Waals surface area contributed by atoms with Crippen LogP contribution < -0.4 is 5.32 Å². The van der Waals surface area contributed by atoms with Crippen LogP contribution in [-0.2, 0) is 11.3 Å². The molecule has 0 heterocycles. The molecule has 0 bridgehead atoms. The number of aliphatic carboxylic acids is 1. The zero-order valence-corrected chi connectivity index (χ0v) is 15.9. The summed E-state index contributed by atoms with van der Waals surface area (Å²) in [6.07, 6.45) is 11.5. The fraction of sp³-hybridized carbons (Fsp3) is 0.571. The van der Waals surface area contributed by atoms with Gasteiger partial charge in [0.25, 0.3) is 0 Å². The highest BCUT2D eigenvalue weighted by Gasteiger charge is 2.22. The maximum Gasteiger partial charge on any atom is 0.303 e. The Kier molecular flexibility index (Phi) is 8.50. The first-order chi connectivity index (χ1) is 12.1. The summed E-state index contributed by atoms with van der Waals surface area (Å²) >= 11 is 6.02. The molecule has 3 nitrogen and oxygen atoms in total. The predicted molar refractivity (Wildman–Crippen MR) is 104 cm³/mol. The molecule has 0 amide bonds. The predicted octanol–water partition coefficient (Wildman–Crippen LogP) is 5.36. The van der Waals surface area contributed by atoms with Crippen LogP contribution in [-0.4, -0.2) is 17.6 Å². The van der Waals surface area contributed by atoms with E-state index >= 15 is 0 Å². The lowest BCUT2D eigenvalue weighted by molar-refractivity contribution is -0.137. The molecule has 2 atom stereocenters. The number of hydrogen-bond donors (Lipinski definition) is 2. The normalized spacial score (nSPS) is 20.9. The van der Waals surface area contributed by atoms with Gasteiger partial charge in [-0.1, -0.05) is 42.7 Å². The van der Waals surface area contributed by atoms with Crippen molar-refractivity contribution in [2.75, 3.05) is 6.54 Å². The second-order valence-corrected chi connectivity index (χ2v) is 7.56. The van der Waals surface area contributed by atoms with Crippen molar-refractivity contribution in [3.8, 4) is 0 Å². The molecule has 2 N–H and O–H groups in total. The van der Waals surface area contributed by atoms with Crippen molar-refractivity contribution in [1.82, 2.24) is 5.32 Å². The zero-order chi connectivity index (χ0) is 18.1. The molecule has 1 fully saturated rings. The van der Waals surface area contributed by atoms with Crippen molar-refractivity contribution < 1.29 is 9.90 Å². The standard InChI is InChI=1S/C21H30ClNO2/c1-16-13-20(22)12-11-18(16)14-23-15-19-9-6-5-8-17(19)7-3-2-4-10-21(24)25/h3,7,11-13,17,19,23H,2,4-6,8-10,14-15H2,1H3,(H,24,25)/b7-3-/t17-,19+/m0/s1. The summed E-state index contributed by atoms with van der Waals surface area (Å²) in [5.74, 6) is 0.597. The van der Waals surface area contributed by atoms with Crippen LogP contribution in [0.3, 0.4) is 0 Å². The van der Waals surface area contributed by atoms with Gasteiger partial charge in [0.15, 0.2) is 0 Å². The molecule has 0 aliphatic heterocycles. The Labute approximate surface area is 156 Å². The maximum atomic E-state index is 10.6. The largest absolute Gasteiger partial charge is 0.481 e. The van der Waals surface area contributed by atoms with Gasteiger partial charge in [-0.15, -0.1) is 0 Å². The number of aryl methyl sites for hydroxylation is 1. The van der Waals surface area contributed by atoms with E-state index in [0.29, 0.717) is 11.8 Å². The Balaban J connectivity index is 1.77. The van der Waals surface area contributed by atoms with Crippen LogP contribution in [0, 0.1) is 18.8 Å². The first-order valence-electron chi connectivity index (χ1n) is 9.40. The van der Waals surface area contributed by atoms with Crippen LogP contribution in [0.5, 0.6) is 0 Å². The Morgan fingerprint density at radius 3 is 2.92 bits per heavy atom.